The summed E-state index contributed by atoms with van der Waals surface area (Å²) in [4.78, 5) is 27.0. The van der Waals surface area contributed by atoms with Gasteiger partial charge in [0.2, 0.25) is 0 Å². The molecule has 0 spiro atoms. The van der Waals surface area contributed by atoms with Crippen LogP contribution in [0.3, 0.4) is 0 Å². The van der Waals surface area contributed by atoms with Crippen molar-refractivity contribution in [2.75, 3.05) is 13.2 Å². The van der Waals surface area contributed by atoms with Crippen LogP contribution in [-0.4, -0.2) is 45.8 Å². The Labute approximate surface area is 160 Å². The number of esters is 1. The van der Waals surface area contributed by atoms with Gasteiger partial charge in [-0.05, 0) is 51.7 Å². The van der Waals surface area contributed by atoms with Gasteiger partial charge in [0.15, 0.2) is 6.61 Å². The summed E-state index contributed by atoms with van der Waals surface area (Å²) in [6, 6.07) is 9.89. The maximum Gasteiger partial charge on any atom is 0.342 e. The highest BCUT2D eigenvalue weighted by Gasteiger charge is 2.27. The van der Waals surface area contributed by atoms with E-state index in [1.54, 1.807) is 11.6 Å². The molecule has 2 aromatic rings. The number of hydrogen-bond acceptors (Lipinski definition) is 4. The topological polar surface area (TPSA) is 64.4 Å². The quantitative estimate of drug-likeness (QED) is 0.758. The largest absolute Gasteiger partial charge is 0.452 e. The average Bonchev–Trinajstić information content (AvgIpc) is 3.00. The van der Waals surface area contributed by atoms with E-state index in [0.29, 0.717) is 17.0 Å². The van der Waals surface area contributed by atoms with Crippen molar-refractivity contribution in [3.8, 4) is 5.69 Å². The van der Waals surface area contributed by atoms with Gasteiger partial charge in [-0.25, -0.2) is 9.48 Å². The summed E-state index contributed by atoms with van der Waals surface area (Å²) in [6.45, 7) is 6.24. The number of nitrogens with zero attached hydrogens (tertiary/aromatic N) is 3. The number of likely N-dealkylation sites (tertiary alicyclic amines) is 1. The van der Waals surface area contributed by atoms with E-state index in [4.69, 9.17) is 4.74 Å². The predicted octanol–water partition coefficient (Wildman–Crippen LogP) is 3.44. The molecule has 1 atom stereocenters. The summed E-state index contributed by atoms with van der Waals surface area (Å²) >= 11 is 0. The average molecular weight is 369 g/mol. The van der Waals surface area contributed by atoms with Gasteiger partial charge in [0.05, 0.1) is 17.1 Å². The first-order valence-corrected chi connectivity index (χ1v) is 9.61. The number of para-hydroxylation sites is 1. The van der Waals surface area contributed by atoms with Crippen LogP contribution in [0.4, 0.5) is 0 Å². The fourth-order valence-electron chi connectivity index (χ4n) is 3.79. The first-order valence-electron chi connectivity index (χ1n) is 9.61. The molecule has 0 radical (unpaired) electrons. The number of benzene rings is 1. The Kier molecular flexibility index (Phi) is 5.94. The summed E-state index contributed by atoms with van der Waals surface area (Å²) in [6.07, 6.45) is 4.12. The van der Waals surface area contributed by atoms with Crippen molar-refractivity contribution in [1.82, 2.24) is 14.7 Å². The third kappa shape index (κ3) is 4.04. The van der Waals surface area contributed by atoms with Crippen LogP contribution < -0.4 is 0 Å². The number of ether oxygens (including phenoxy) is 1. The number of carbonyl (C=O) groups is 2. The van der Waals surface area contributed by atoms with E-state index >= 15 is 0 Å². The standard InChI is InChI=1S/C21H27N3O3/c1-4-17-10-8-9-13-23(17)19(25)14-27-21(26)20-15(2)22-24(16(20)3)18-11-6-5-7-12-18/h5-7,11-12,17H,4,8-10,13-14H2,1-3H3/t17-/m0/s1. The first kappa shape index (κ1) is 19.1. The summed E-state index contributed by atoms with van der Waals surface area (Å²) in [7, 11) is 0. The molecule has 0 saturated carbocycles. The van der Waals surface area contributed by atoms with Gasteiger partial charge in [0, 0.05) is 12.6 Å². The Hall–Kier alpha value is -2.63. The van der Waals surface area contributed by atoms with Gasteiger partial charge in [-0.3, -0.25) is 4.79 Å². The third-order valence-electron chi connectivity index (χ3n) is 5.24. The van der Waals surface area contributed by atoms with Crippen molar-refractivity contribution in [1.29, 1.82) is 0 Å². The van der Waals surface area contributed by atoms with Crippen LogP contribution in [0.15, 0.2) is 30.3 Å². The van der Waals surface area contributed by atoms with E-state index in [-0.39, 0.29) is 18.6 Å². The molecule has 1 saturated heterocycles. The Morgan fingerprint density at radius 3 is 2.63 bits per heavy atom. The Balaban J connectivity index is 1.70. The zero-order valence-corrected chi connectivity index (χ0v) is 16.3. The summed E-state index contributed by atoms with van der Waals surface area (Å²) < 4.78 is 7.09. The van der Waals surface area contributed by atoms with Gasteiger partial charge < -0.3 is 9.64 Å². The van der Waals surface area contributed by atoms with Gasteiger partial charge in [-0.1, -0.05) is 25.1 Å². The fourth-order valence-corrected chi connectivity index (χ4v) is 3.79. The van der Waals surface area contributed by atoms with Crippen LogP contribution in [0, 0.1) is 13.8 Å². The van der Waals surface area contributed by atoms with E-state index < -0.39 is 5.97 Å². The summed E-state index contributed by atoms with van der Waals surface area (Å²) in [5.74, 6) is -0.605. The van der Waals surface area contributed by atoms with Crippen LogP contribution in [0.1, 0.15) is 54.4 Å². The molecule has 1 fully saturated rings. The number of aryl methyl sites for hydroxylation is 1. The normalized spacial score (nSPS) is 17.0. The molecule has 1 aromatic heterocycles. The van der Waals surface area contributed by atoms with Gasteiger partial charge in [-0.2, -0.15) is 5.10 Å². The number of hydrogen-bond donors (Lipinski definition) is 0. The number of amides is 1. The minimum atomic E-state index is -0.495. The summed E-state index contributed by atoms with van der Waals surface area (Å²) in [5.41, 5.74) is 2.61. The SMILES string of the molecule is CC[C@H]1CCCCN1C(=O)COC(=O)c1c(C)nn(-c2ccccc2)c1C. The lowest BCUT2D eigenvalue weighted by Crippen LogP contribution is -2.45. The molecule has 6 nitrogen and oxygen atoms in total. The zero-order valence-electron chi connectivity index (χ0n) is 16.3. The minimum Gasteiger partial charge on any atom is -0.452 e. The lowest BCUT2D eigenvalue weighted by molar-refractivity contribution is -0.138. The van der Waals surface area contributed by atoms with E-state index in [1.807, 2.05) is 42.2 Å². The molecule has 144 valence electrons. The van der Waals surface area contributed by atoms with Crippen LogP contribution >= 0.6 is 0 Å². The highest BCUT2D eigenvalue weighted by atomic mass is 16.5. The van der Waals surface area contributed by atoms with E-state index in [1.165, 1.54) is 0 Å². The Morgan fingerprint density at radius 2 is 1.93 bits per heavy atom. The Morgan fingerprint density at radius 1 is 1.19 bits per heavy atom. The smallest absolute Gasteiger partial charge is 0.342 e. The lowest BCUT2D eigenvalue weighted by Gasteiger charge is -2.35. The number of carbonyl (C=O) groups excluding carboxylic acids is 2. The van der Waals surface area contributed by atoms with Gasteiger partial charge >= 0.3 is 5.97 Å². The molecule has 3 rings (SSSR count). The maximum absolute atomic E-state index is 12.6. The van der Waals surface area contributed by atoms with E-state index in [0.717, 1.165) is 37.9 Å². The van der Waals surface area contributed by atoms with Crippen molar-refractivity contribution in [3.63, 3.8) is 0 Å². The molecule has 0 aliphatic carbocycles. The molecule has 2 heterocycles. The molecule has 1 aliphatic rings. The second-order valence-corrected chi connectivity index (χ2v) is 7.01. The number of rotatable bonds is 5. The van der Waals surface area contributed by atoms with Crippen molar-refractivity contribution in [2.45, 2.75) is 52.5 Å². The zero-order chi connectivity index (χ0) is 19.4. The van der Waals surface area contributed by atoms with Gasteiger partial charge in [0.1, 0.15) is 5.56 Å². The second-order valence-electron chi connectivity index (χ2n) is 7.01. The van der Waals surface area contributed by atoms with Crippen LogP contribution in [0.2, 0.25) is 0 Å². The molecule has 1 amide bonds. The monoisotopic (exact) mass is 369 g/mol. The first-order chi connectivity index (χ1) is 13.0. The summed E-state index contributed by atoms with van der Waals surface area (Å²) in [5, 5.41) is 4.46. The molecule has 1 aromatic carbocycles. The lowest BCUT2D eigenvalue weighted by atomic mass is 10.00. The maximum atomic E-state index is 12.6. The molecule has 0 bridgehead atoms. The molecule has 0 unspecified atom stereocenters. The van der Waals surface area contributed by atoms with Crippen molar-refractivity contribution < 1.29 is 14.3 Å². The second kappa shape index (κ2) is 8.37. The van der Waals surface area contributed by atoms with Crippen molar-refractivity contribution >= 4 is 11.9 Å². The van der Waals surface area contributed by atoms with E-state index in [2.05, 4.69) is 12.0 Å². The molecule has 27 heavy (non-hydrogen) atoms. The van der Waals surface area contributed by atoms with Gasteiger partial charge in [0.25, 0.3) is 5.91 Å². The van der Waals surface area contributed by atoms with Crippen molar-refractivity contribution in [2.24, 2.45) is 0 Å². The molecule has 1 aliphatic heterocycles. The van der Waals surface area contributed by atoms with Gasteiger partial charge in [-0.15, -0.1) is 0 Å². The van der Waals surface area contributed by atoms with E-state index in [9.17, 15) is 9.59 Å². The number of aromatic nitrogens is 2. The van der Waals surface area contributed by atoms with Crippen LogP contribution in [-0.2, 0) is 9.53 Å². The highest BCUT2D eigenvalue weighted by Crippen LogP contribution is 2.21. The third-order valence-corrected chi connectivity index (χ3v) is 5.24. The number of piperidine rings is 1. The molecular formula is C21H27N3O3. The molecular weight excluding hydrogens is 342 g/mol. The Bertz CT molecular complexity index is 814. The van der Waals surface area contributed by atoms with Crippen LogP contribution in [0.5, 0.6) is 0 Å². The van der Waals surface area contributed by atoms with Crippen molar-refractivity contribution in [3.05, 3.63) is 47.3 Å². The molecule has 6 heteroatoms. The predicted molar refractivity (Wildman–Crippen MR) is 103 cm³/mol. The molecule has 0 N–H and O–H groups in total. The minimum absolute atomic E-state index is 0.111. The van der Waals surface area contributed by atoms with Crippen LogP contribution in [0.25, 0.3) is 5.69 Å². The fraction of sp³-hybridized carbons (Fsp3) is 0.476. The highest BCUT2D eigenvalue weighted by molar-refractivity contribution is 5.93.